The van der Waals surface area contributed by atoms with E-state index < -0.39 is 0 Å². The average Bonchev–Trinajstić information content (AvgIpc) is 2.75. The lowest BCUT2D eigenvalue weighted by atomic mass is 10.2. The van der Waals surface area contributed by atoms with Gasteiger partial charge in [-0.15, -0.1) is 0 Å². The minimum atomic E-state index is -0.0966. The van der Waals surface area contributed by atoms with Gasteiger partial charge in [-0.1, -0.05) is 48.8 Å². The summed E-state index contributed by atoms with van der Waals surface area (Å²) in [4.78, 5) is 29.7. The zero-order chi connectivity index (χ0) is 21.3. The van der Waals surface area contributed by atoms with E-state index in [1.165, 1.54) is 11.8 Å². The van der Waals surface area contributed by atoms with Crippen molar-refractivity contribution in [2.75, 3.05) is 12.3 Å². The van der Waals surface area contributed by atoms with Crippen molar-refractivity contribution in [2.24, 2.45) is 0 Å². The van der Waals surface area contributed by atoms with Gasteiger partial charge in [0.2, 0.25) is 5.91 Å². The maximum absolute atomic E-state index is 13.2. The van der Waals surface area contributed by atoms with Gasteiger partial charge in [0, 0.05) is 23.7 Å². The van der Waals surface area contributed by atoms with Gasteiger partial charge in [-0.2, -0.15) is 0 Å². The summed E-state index contributed by atoms with van der Waals surface area (Å²) in [6, 6.07) is 14.6. The number of halogens is 1. The monoisotopic (exact) mass is 443 g/mol. The molecule has 3 aromatic rings. The van der Waals surface area contributed by atoms with Crippen molar-refractivity contribution in [1.29, 1.82) is 0 Å². The molecule has 158 valence electrons. The van der Waals surface area contributed by atoms with Crippen molar-refractivity contribution in [3.8, 4) is 5.69 Å². The Kier molecular flexibility index (Phi) is 8.34. The van der Waals surface area contributed by atoms with Gasteiger partial charge in [0.1, 0.15) is 0 Å². The summed E-state index contributed by atoms with van der Waals surface area (Å²) in [6.07, 6.45) is 4.29. The predicted molar refractivity (Wildman–Crippen MR) is 125 cm³/mol. The molecular formula is C23H26ClN3O2S. The van der Waals surface area contributed by atoms with E-state index in [-0.39, 0.29) is 11.5 Å². The zero-order valence-corrected chi connectivity index (χ0v) is 18.6. The maximum atomic E-state index is 13.2. The fourth-order valence-corrected chi connectivity index (χ4v) is 4.21. The van der Waals surface area contributed by atoms with E-state index in [0.717, 1.165) is 43.7 Å². The molecule has 5 nitrogen and oxygen atoms in total. The Morgan fingerprint density at radius 2 is 1.87 bits per heavy atom. The van der Waals surface area contributed by atoms with Crippen molar-refractivity contribution in [3.63, 3.8) is 0 Å². The molecule has 0 aliphatic heterocycles. The number of hydrogen-bond acceptors (Lipinski definition) is 4. The Morgan fingerprint density at radius 1 is 1.10 bits per heavy atom. The number of benzene rings is 2. The summed E-state index contributed by atoms with van der Waals surface area (Å²) < 4.78 is 1.64. The molecule has 30 heavy (non-hydrogen) atoms. The van der Waals surface area contributed by atoms with Crippen molar-refractivity contribution in [1.82, 2.24) is 14.9 Å². The fraction of sp³-hybridized carbons (Fsp3) is 0.348. The van der Waals surface area contributed by atoms with Crippen molar-refractivity contribution >= 4 is 40.2 Å². The predicted octanol–water partition coefficient (Wildman–Crippen LogP) is 5.22. The Hall–Kier alpha value is -2.31. The lowest BCUT2D eigenvalue weighted by molar-refractivity contribution is -0.121. The first-order valence-corrected chi connectivity index (χ1v) is 11.6. The smallest absolute Gasteiger partial charge is 0.266 e. The molecule has 7 heteroatoms. The van der Waals surface area contributed by atoms with Gasteiger partial charge in [0.05, 0.1) is 16.6 Å². The largest absolute Gasteiger partial charge is 0.356 e. The highest BCUT2D eigenvalue weighted by molar-refractivity contribution is 7.99. The molecule has 0 saturated heterocycles. The van der Waals surface area contributed by atoms with Crippen LogP contribution in [0.25, 0.3) is 16.6 Å². The third-order valence-corrected chi connectivity index (χ3v) is 5.99. The van der Waals surface area contributed by atoms with Gasteiger partial charge in [-0.25, -0.2) is 4.98 Å². The summed E-state index contributed by atoms with van der Waals surface area (Å²) >= 11 is 7.55. The number of aromatic nitrogens is 2. The fourth-order valence-electron chi connectivity index (χ4n) is 3.07. The Labute approximate surface area is 185 Å². The molecule has 3 rings (SSSR count). The Morgan fingerprint density at radius 3 is 2.63 bits per heavy atom. The highest BCUT2D eigenvalue weighted by Gasteiger charge is 2.13. The van der Waals surface area contributed by atoms with E-state index in [0.29, 0.717) is 27.5 Å². The van der Waals surface area contributed by atoms with Gasteiger partial charge in [-0.3, -0.25) is 14.2 Å². The number of amides is 1. The molecule has 0 aliphatic carbocycles. The number of fused-ring (bicyclic) bond motifs is 1. The van der Waals surface area contributed by atoms with Crippen LogP contribution in [0.4, 0.5) is 0 Å². The number of thioether (sulfide) groups is 1. The molecule has 1 N–H and O–H groups in total. The third kappa shape index (κ3) is 5.86. The van der Waals surface area contributed by atoms with Crippen LogP contribution >= 0.6 is 23.4 Å². The molecule has 0 fully saturated rings. The molecular weight excluding hydrogens is 418 g/mol. The average molecular weight is 444 g/mol. The van der Waals surface area contributed by atoms with Crippen molar-refractivity contribution in [3.05, 3.63) is 63.9 Å². The van der Waals surface area contributed by atoms with E-state index in [9.17, 15) is 9.59 Å². The van der Waals surface area contributed by atoms with Gasteiger partial charge in [0.15, 0.2) is 5.16 Å². The number of hydrogen-bond donors (Lipinski definition) is 1. The molecule has 1 aromatic heterocycles. The van der Waals surface area contributed by atoms with Gasteiger partial charge >= 0.3 is 0 Å². The molecule has 0 atom stereocenters. The van der Waals surface area contributed by atoms with Crippen LogP contribution in [0.3, 0.4) is 0 Å². The summed E-state index contributed by atoms with van der Waals surface area (Å²) in [5.41, 5.74) is 1.33. The topological polar surface area (TPSA) is 64.0 Å². The van der Waals surface area contributed by atoms with Gasteiger partial charge in [0.25, 0.3) is 5.56 Å². The first kappa shape index (κ1) is 22.4. The van der Waals surface area contributed by atoms with Gasteiger partial charge < -0.3 is 5.32 Å². The lowest BCUT2D eigenvalue weighted by Gasteiger charge is -2.13. The van der Waals surface area contributed by atoms with Crippen LogP contribution in [-0.2, 0) is 4.79 Å². The number of rotatable bonds is 10. The summed E-state index contributed by atoms with van der Waals surface area (Å²) in [6.45, 7) is 2.85. The van der Waals surface area contributed by atoms with Crippen LogP contribution in [0, 0.1) is 0 Å². The Balaban J connectivity index is 1.71. The highest BCUT2D eigenvalue weighted by Crippen LogP contribution is 2.23. The molecule has 0 spiro atoms. The van der Waals surface area contributed by atoms with E-state index in [1.807, 2.05) is 30.3 Å². The minimum absolute atomic E-state index is 0.0966. The molecule has 1 amide bonds. The Bertz CT molecular complexity index is 1050. The number of para-hydroxylation sites is 1. The van der Waals surface area contributed by atoms with Crippen LogP contribution in [0.2, 0.25) is 5.02 Å². The lowest BCUT2D eigenvalue weighted by Crippen LogP contribution is -2.23. The van der Waals surface area contributed by atoms with Crippen molar-refractivity contribution in [2.45, 2.75) is 44.2 Å². The second kappa shape index (κ2) is 11.2. The number of unbranched alkanes of at least 4 members (excludes halogenated alkanes) is 2. The van der Waals surface area contributed by atoms with Crippen LogP contribution in [0.1, 0.15) is 39.0 Å². The normalized spacial score (nSPS) is 11.0. The molecule has 0 bridgehead atoms. The first-order chi connectivity index (χ1) is 14.6. The van der Waals surface area contributed by atoms with E-state index >= 15 is 0 Å². The molecule has 1 heterocycles. The van der Waals surface area contributed by atoms with E-state index in [4.69, 9.17) is 16.6 Å². The standard InChI is InChI=1S/C23H26ClN3O2S/c1-2-3-15-25-21(28)10-6-7-16-30-23-26-20-9-5-4-8-19(20)22(29)27(23)18-13-11-17(24)12-14-18/h4-5,8-9,11-14H,2-3,6-7,10,15-16H2,1H3,(H,25,28). The van der Waals surface area contributed by atoms with Crippen LogP contribution in [-0.4, -0.2) is 27.8 Å². The second-order valence-electron chi connectivity index (χ2n) is 7.04. The number of nitrogens with one attached hydrogen (secondary N) is 1. The molecule has 0 saturated carbocycles. The third-order valence-electron chi connectivity index (χ3n) is 4.71. The molecule has 0 radical (unpaired) electrons. The van der Waals surface area contributed by atoms with E-state index in [1.54, 1.807) is 22.8 Å². The van der Waals surface area contributed by atoms with Gasteiger partial charge in [-0.05, 0) is 55.7 Å². The van der Waals surface area contributed by atoms with Crippen LogP contribution in [0.5, 0.6) is 0 Å². The second-order valence-corrected chi connectivity index (χ2v) is 8.54. The molecule has 2 aromatic carbocycles. The number of nitrogens with zero attached hydrogens (tertiary/aromatic N) is 2. The van der Waals surface area contributed by atoms with E-state index in [2.05, 4.69) is 12.2 Å². The highest BCUT2D eigenvalue weighted by atomic mass is 35.5. The number of carbonyl (C=O) groups is 1. The van der Waals surface area contributed by atoms with Crippen LogP contribution < -0.4 is 10.9 Å². The summed E-state index contributed by atoms with van der Waals surface area (Å²) in [7, 11) is 0. The summed E-state index contributed by atoms with van der Waals surface area (Å²) in [5, 5.41) is 4.79. The molecule has 0 unspecified atom stereocenters. The molecule has 0 aliphatic rings. The van der Waals surface area contributed by atoms with Crippen LogP contribution in [0.15, 0.2) is 58.5 Å². The first-order valence-electron chi connectivity index (χ1n) is 10.3. The minimum Gasteiger partial charge on any atom is -0.356 e. The summed E-state index contributed by atoms with van der Waals surface area (Å²) in [5.74, 6) is 0.885. The number of carbonyl (C=O) groups excluding carboxylic acids is 1. The van der Waals surface area contributed by atoms with Crippen molar-refractivity contribution < 1.29 is 4.79 Å². The quantitative estimate of drug-likeness (QED) is 0.265. The maximum Gasteiger partial charge on any atom is 0.266 e. The SMILES string of the molecule is CCCCNC(=O)CCCCSc1nc2ccccc2c(=O)n1-c1ccc(Cl)cc1. The zero-order valence-electron chi connectivity index (χ0n) is 17.1.